The Morgan fingerprint density at radius 3 is 2.29 bits per heavy atom. The van der Waals surface area contributed by atoms with E-state index in [0.29, 0.717) is 12.1 Å². The maximum absolute atomic E-state index is 12.8. The Balaban J connectivity index is 2.31. The van der Waals surface area contributed by atoms with Gasteiger partial charge in [-0.2, -0.15) is 0 Å². The molecule has 0 fully saturated rings. The van der Waals surface area contributed by atoms with Gasteiger partial charge < -0.3 is 5.11 Å². The first kappa shape index (κ1) is 18.2. The zero-order chi connectivity index (χ0) is 17.6. The molecule has 0 saturated heterocycles. The van der Waals surface area contributed by atoms with Gasteiger partial charge in [-0.25, -0.2) is 8.42 Å². The van der Waals surface area contributed by atoms with Crippen LogP contribution in [0.1, 0.15) is 24.5 Å². The molecule has 1 N–H and O–H groups in total. The fourth-order valence-corrected chi connectivity index (χ4v) is 3.46. The smallest absolute Gasteiger partial charge is 0.257 e. The van der Waals surface area contributed by atoms with Crippen LogP contribution in [0.3, 0.4) is 0 Å². The molecule has 0 heterocycles. The molecule has 0 aliphatic heterocycles. The van der Waals surface area contributed by atoms with E-state index in [0.717, 1.165) is 11.1 Å². The first-order chi connectivity index (χ1) is 11.4. The first-order valence-corrected chi connectivity index (χ1v) is 9.43. The van der Waals surface area contributed by atoms with Gasteiger partial charge in [-0.3, -0.25) is 4.31 Å². The third-order valence-electron chi connectivity index (χ3n) is 3.71. The average Bonchev–Trinajstić information content (AvgIpc) is 2.59. The van der Waals surface area contributed by atoms with Gasteiger partial charge in [-0.05, 0) is 37.1 Å². The summed E-state index contributed by atoms with van der Waals surface area (Å²) in [6.07, 6.45) is 1.34. The van der Waals surface area contributed by atoms with Crippen LogP contribution < -0.4 is 4.31 Å². The van der Waals surface area contributed by atoms with Gasteiger partial charge in [0.05, 0.1) is 23.7 Å². The summed E-state index contributed by atoms with van der Waals surface area (Å²) < 4.78 is 26.7. The highest BCUT2D eigenvalue weighted by atomic mass is 32.2. The van der Waals surface area contributed by atoms with E-state index in [-0.39, 0.29) is 6.54 Å². The standard InChI is InChI=1S/C19H23NO3S/c1-3-19(21)15-20(18-7-5-4-6-8-18)24(22,23)14-13-17-11-9-16(2)10-12-17/h4-14,19,21H,3,15H2,1-2H3/b14-13+. The van der Waals surface area contributed by atoms with Crippen molar-refractivity contribution in [1.29, 1.82) is 0 Å². The van der Waals surface area contributed by atoms with Crippen molar-refractivity contribution in [3.63, 3.8) is 0 Å². The van der Waals surface area contributed by atoms with Crippen LogP contribution in [0.4, 0.5) is 5.69 Å². The SMILES string of the molecule is CCC(O)CN(c1ccccc1)S(=O)(=O)/C=C/c1ccc(C)cc1. The monoisotopic (exact) mass is 345 g/mol. The van der Waals surface area contributed by atoms with E-state index in [1.165, 1.54) is 9.71 Å². The summed E-state index contributed by atoms with van der Waals surface area (Å²) in [7, 11) is -3.70. The number of nitrogens with zero attached hydrogens (tertiary/aromatic N) is 1. The summed E-state index contributed by atoms with van der Waals surface area (Å²) in [5.41, 5.74) is 2.47. The third kappa shape index (κ3) is 4.94. The number of aliphatic hydroxyl groups excluding tert-OH is 1. The number of rotatable bonds is 7. The van der Waals surface area contributed by atoms with E-state index in [9.17, 15) is 13.5 Å². The number of para-hydroxylation sites is 1. The Morgan fingerprint density at radius 2 is 1.71 bits per heavy atom. The van der Waals surface area contributed by atoms with Crippen LogP contribution in [-0.2, 0) is 10.0 Å². The van der Waals surface area contributed by atoms with Gasteiger partial charge in [0.25, 0.3) is 10.0 Å². The molecule has 1 atom stereocenters. The Hall–Kier alpha value is -2.11. The van der Waals surface area contributed by atoms with Crippen LogP contribution in [0.5, 0.6) is 0 Å². The molecular weight excluding hydrogens is 322 g/mol. The van der Waals surface area contributed by atoms with Gasteiger partial charge in [0.2, 0.25) is 0 Å². The molecule has 2 aromatic rings. The van der Waals surface area contributed by atoms with E-state index in [1.54, 1.807) is 30.3 Å². The molecule has 5 heteroatoms. The van der Waals surface area contributed by atoms with Crippen LogP contribution in [0, 0.1) is 6.92 Å². The second-order valence-corrected chi connectivity index (χ2v) is 7.43. The van der Waals surface area contributed by atoms with E-state index in [4.69, 9.17) is 0 Å². The maximum Gasteiger partial charge on any atom is 0.257 e. The fraction of sp³-hybridized carbons (Fsp3) is 0.263. The van der Waals surface area contributed by atoms with Crippen molar-refractivity contribution in [2.45, 2.75) is 26.4 Å². The van der Waals surface area contributed by atoms with E-state index in [2.05, 4.69) is 0 Å². The summed E-state index contributed by atoms with van der Waals surface area (Å²) in [6.45, 7) is 3.83. The van der Waals surface area contributed by atoms with Crippen LogP contribution >= 0.6 is 0 Å². The predicted molar refractivity (Wildman–Crippen MR) is 99.2 cm³/mol. The lowest BCUT2D eigenvalue weighted by Gasteiger charge is -2.25. The van der Waals surface area contributed by atoms with Crippen LogP contribution in [0.2, 0.25) is 0 Å². The molecule has 128 valence electrons. The summed E-state index contributed by atoms with van der Waals surface area (Å²) in [4.78, 5) is 0. The molecule has 0 aliphatic carbocycles. The lowest BCUT2D eigenvalue weighted by Crippen LogP contribution is -2.36. The fourth-order valence-electron chi connectivity index (χ4n) is 2.19. The number of aryl methyl sites for hydroxylation is 1. The normalized spacial score (nSPS) is 13.1. The van der Waals surface area contributed by atoms with Crippen LogP contribution in [-0.4, -0.2) is 26.2 Å². The van der Waals surface area contributed by atoms with Crippen molar-refractivity contribution in [1.82, 2.24) is 0 Å². The Morgan fingerprint density at radius 1 is 1.08 bits per heavy atom. The minimum absolute atomic E-state index is 0.0289. The Bertz CT molecular complexity index is 768. The van der Waals surface area contributed by atoms with Gasteiger partial charge >= 0.3 is 0 Å². The highest BCUT2D eigenvalue weighted by molar-refractivity contribution is 7.95. The zero-order valence-corrected chi connectivity index (χ0v) is 14.8. The Kier molecular flexibility index (Phi) is 6.17. The lowest BCUT2D eigenvalue weighted by atomic mass is 10.2. The molecule has 0 radical (unpaired) electrons. The quantitative estimate of drug-likeness (QED) is 0.834. The second-order valence-electron chi connectivity index (χ2n) is 5.69. The lowest BCUT2D eigenvalue weighted by molar-refractivity contribution is 0.179. The van der Waals surface area contributed by atoms with Crippen molar-refractivity contribution < 1.29 is 13.5 Å². The van der Waals surface area contributed by atoms with Gasteiger partial charge in [0.1, 0.15) is 0 Å². The summed E-state index contributed by atoms with van der Waals surface area (Å²) in [6, 6.07) is 16.4. The number of benzene rings is 2. The maximum atomic E-state index is 12.8. The van der Waals surface area contributed by atoms with E-state index < -0.39 is 16.1 Å². The van der Waals surface area contributed by atoms with Crippen molar-refractivity contribution >= 4 is 21.8 Å². The molecule has 24 heavy (non-hydrogen) atoms. The molecule has 2 aromatic carbocycles. The highest BCUT2D eigenvalue weighted by Gasteiger charge is 2.22. The largest absolute Gasteiger partial charge is 0.391 e. The van der Waals surface area contributed by atoms with Crippen molar-refractivity contribution in [3.8, 4) is 0 Å². The van der Waals surface area contributed by atoms with Gasteiger partial charge in [-0.1, -0.05) is 55.0 Å². The van der Waals surface area contributed by atoms with Gasteiger partial charge in [-0.15, -0.1) is 0 Å². The second kappa shape index (κ2) is 8.13. The van der Waals surface area contributed by atoms with Crippen molar-refractivity contribution in [3.05, 3.63) is 71.1 Å². The van der Waals surface area contributed by atoms with E-state index in [1.807, 2.05) is 44.2 Å². The molecule has 0 aromatic heterocycles. The molecule has 0 aliphatic rings. The van der Waals surface area contributed by atoms with Gasteiger partial charge in [0, 0.05) is 0 Å². The molecule has 0 amide bonds. The summed E-state index contributed by atoms with van der Waals surface area (Å²) in [5.74, 6) is 0. The molecule has 0 bridgehead atoms. The molecule has 1 unspecified atom stereocenters. The summed E-state index contributed by atoms with van der Waals surface area (Å²) in [5, 5.41) is 11.1. The first-order valence-electron chi connectivity index (χ1n) is 7.93. The van der Waals surface area contributed by atoms with Crippen molar-refractivity contribution in [2.75, 3.05) is 10.8 Å². The number of hydrogen-bond acceptors (Lipinski definition) is 3. The molecule has 0 saturated carbocycles. The third-order valence-corrected chi connectivity index (χ3v) is 5.16. The summed E-state index contributed by atoms with van der Waals surface area (Å²) >= 11 is 0. The minimum atomic E-state index is -3.70. The number of sulfonamides is 1. The number of anilines is 1. The molecular formula is C19H23NO3S. The van der Waals surface area contributed by atoms with Crippen molar-refractivity contribution in [2.24, 2.45) is 0 Å². The van der Waals surface area contributed by atoms with E-state index >= 15 is 0 Å². The minimum Gasteiger partial charge on any atom is -0.391 e. The average molecular weight is 345 g/mol. The number of aliphatic hydroxyl groups is 1. The molecule has 4 nitrogen and oxygen atoms in total. The highest BCUT2D eigenvalue weighted by Crippen LogP contribution is 2.20. The number of hydrogen-bond donors (Lipinski definition) is 1. The zero-order valence-electron chi connectivity index (χ0n) is 14.0. The topological polar surface area (TPSA) is 57.6 Å². The Labute approximate surface area is 144 Å². The predicted octanol–water partition coefficient (Wildman–Crippen LogP) is 3.57. The molecule has 2 rings (SSSR count). The van der Waals surface area contributed by atoms with Crippen LogP contribution in [0.15, 0.2) is 60.0 Å². The van der Waals surface area contributed by atoms with Crippen LogP contribution in [0.25, 0.3) is 6.08 Å². The van der Waals surface area contributed by atoms with Gasteiger partial charge in [0.15, 0.2) is 0 Å². The molecule has 0 spiro atoms.